The van der Waals surface area contributed by atoms with Gasteiger partial charge in [-0.2, -0.15) is 0 Å². The Morgan fingerprint density at radius 2 is 2.05 bits per heavy atom. The molecule has 1 N–H and O–H groups in total. The van der Waals surface area contributed by atoms with Crippen LogP contribution in [0.5, 0.6) is 0 Å². The second-order valence-corrected chi connectivity index (χ2v) is 5.30. The van der Waals surface area contributed by atoms with Crippen LogP contribution in [0.1, 0.15) is 23.2 Å². The third kappa shape index (κ3) is 4.35. The maximum absolute atomic E-state index is 11.8. The zero-order valence-corrected chi connectivity index (χ0v) is 12.0. The van der Waals surface area contributed by atoms with Crippen molar-refractivity contribution in [1.82, 2.24) is 10.4 Å². The van der Waals surface area contributed by atoms with E-state index in [1.807, 2.05) is 0 Å². The van der Waals surface area contributed by atoms with Crippen molar-refractivity contribution in [3.05, 3.63) is 33.8 Å². The number of amides is 1. The highest BCUT2D eigenvalue weighted by atomic mass is 35.5. The maximum Gasteiger partial charge on any atom is 0.276 e. The predicted molar refractivity (Wildman–Crippen MR) is 75.6 cm³/mol. The number of hydrogen-bond acceptors (Lipinski definition) is 3. The SMILES string of the molecule is O=C(NOCCN1CCCC1)c1ccc(Cl)cc1Cl. The van der Waals surface area contributed by atoms with Crippen LogP contribution in [-0.2, 0) is 4.84 Å². The molecule has 19 heavy (non-hydrogen) atoms. The first-order chi connectivity index (χ1) is 9.16. The number of nitrogens with zero attached hydrogens (tertiary/aromatic N) is 1. The van der Waals surface area contributed by atoms with Crippen LogP contribution < -0.4 is 5.48 Å². The van der Waals surface area contributed by atoms with E-state index in [-0.39, 0.29) is 5.91 Å². The highest BCUT2D eigenvalue weighted by Gasteiger charge is 2.12. The van der Waals surface area contributed by atoms with Crippen molar-refractivity contribution >= 4 is 29.1 Å². The van der Waals surface area contributed by atoms with E-state index >= 15 is 0 Å². The Kier molecular flexibility index (Phi) is 5.45. The third-order valence-electron chi connectivity index (χ3n) is 3.05. The standard InChI is InChI=1S/C13H16Cl2N2O2/c14-10-3-4-11(12(15)9-10)13(18)16-19-8-7-17-5-1-2-6-17/h3-4,9H,1-2,5-8H2,(H,16,18). The number of carbonyl (C=O) groups excluding carboxylic acids is 1. The molecular weight excluding hydrogens is 287 g/mol. The first-order valence-corrected chi connectivity index (χ1v) is 7.02. The Hall–Kier alpha value is -0.810. The smallest absolute Gasteiger partial charge is 0.276 e. The van der Waals surface area contributed by atoms with Crippen molar-refractivity contribution in [1.29, 1.82) is 0 Å². The molecule has 0 atom stereocenters. The number of hydrogen-bond donors (Lipinski definition) is 1. The van der Waals surface area contributed by atoms with E-state index < -0.39 is 0 Å². The molecule has 0 bridgehead atoms. The fourth-order valence-corrected chi connectivity index (χ4v) is 2.52. The van der Waals surface area contributed by atoms with Gasteiger partial charge in [0.05, 0.1) is 17.2 Å². The number of likely N-dealkylation sites (tertiary alicyclic amines) is 1. The zero-order valence-electron chi connectivity index (χ0n) is 10.5. The monoisotopic (exact) mass is 302 g/mol. The van der Waals surface area contributed by atoms with Gasteiger partial charge in [-0.05, 0) is 44.1 Å². The average molecular weight is 303 g/mol. The van der Waals surface area contributed by atoms with Crippen LogP contribution in [0.15, 0.2) is 18.2 Å². The highest BCUT2D eigenvalue weighted by molar-refractivity contribution is 6.36. The largest absolute Gasteiger partial charge is 0.301 e. The molecule has 0 saturated carbocycles. The summed E-state index contributed by atoms with van der Waals surface area (Å²) >= 11 is 11.7. The summed E-state index contributed by atoms with van der Waals surface area (Å²) in [5.41, 5.74) is 2.74. The van der Waals surface area contributed by atoms with Gasteiger partial charge >= 0.3 is 0 Å². The lowest BCUT2D eigenvalue weighted by atomic mass is 10.2. The molecule has 1 aromatic carbocycles. The normalized spacial score (nSPS) is 15.7. The van der Waals surface area contributed by atoms with Crippen LogP contribution in [0.4, 0.5) is 0 Å². The fraction of sp³-hybridized carbons (Fsp3) is 0.462. The molecule has 1 aliphatic rings. The molecule has 6 heteroatoms. The van der Waals surface area contributed by atoms with Crippen molar-refractivity contribution in [3.63, 3.8) is 0 Å². The lowest BCUT2D eigenvalue weighted by molar-refractivity contribution is 0.0244. The van der Waals surface area contributed by atoms with Gasteiger partial charge in [0.15, 0.2) is 0 Å². The topological polar surface area (TPSA) is 41.6 Å². The van der Waals surface area contributed by atoms with Crippen molar-refractivity contribution in [2.75, 3.05) is 26.2 Å². The van der Waals surface area contributed by atoms with Crippen molar-refractivity contribution < 1.29 is 9.63 Å². The molecule has 0 spiro atoms. The average Bonchev–Trinajstić information content (AvgIpc) is 2.87. The summed E-state index contributed by atoms with van der Waals surface area (Å²) in [5, 5.41) is 0.810. The molecule has 0 aromatic heterocycles. The molecule has 1 saturated heterocycles. The zero-order chi connectivity index (χ0) is 13.7. The summed E-state index contributed by atoms with van der Waals surface area (Å²) in [7, 11) is 0. The lowest BCUT2D eigenvalue weighted by Crippen LogP contribution is -2.30. The summed E-state index contributed by atoms with van der Waals surface area (Å²) in [4.78, 5) is 19.3. The first-order valence-electron chi connectivity index (χ1n) is 6.26. The summed E-state index contributed by atoms with van der Waals surface area (Å²) in [6.45, 7) is 3.52. The quantitative estimate of drug-likeness (QED) is 0.672. The van der Waals surface area contributed by atoms with Crippen molar-refractivity contribution in [2.45, 2.75) is 12.8 Å². The number of benzene rings is 1. The van der Waals surface area contributed by atoms with E-state index in [1.54, 1.807) is 12.1 Å². The molecule has 0 aliphatic carbocycles. The van der Waals surface area contributed by atoms with Gasteiger partial charge in [0.1, 0.15) is 0 Å². The molecule has 4 nitrogen and oxygen atoms in total. The van der Waals surface area contributed by atoms with Crippen LogP contribution in [0.2, 0.25) is 10.0 Å². The van der Waals surface area contributed by atoms with Gasteiger partial charge in [-0.1, -0.05) is 23.2 Å². The Morgan fingerprint density at radius 3 is 2.74 bits per heavy atom. The van der Waals surface area contributed by atoms with E-state index in [1.165, 1.54) is 18.9 Å². The van der Waals surface area contributed by atoms with Crippen LogP contribution in [0, 0.1) is 0 Å². The summed E-state index contributed by atoms with van der Waals surface area (Å²) in [6, 6.07) is 4.72. The number of rotatable bonds is 5. The maximum atomic E-state index is 11.8. The molecule has 104 valence electrons. The van der Waals surface area contributed by atoms with Crippen LogP contribution in [0.3, 0.4) is 0 Å². The fourth-order valence-electron chi connectivity index (χ4n) is 2.03. The third-order valence-corrected chi connectivity index (χ3v) is 3.60. The Morgan fingerprint density at radius 1 is 1.32 bits per heavy atom. The molecule has 1 fully saturated rings. The molecule has 2 rings (SSSR count). The molecule has 1 heterocycles. The molecule has 1 amide bonds. The van der Waals surface area contributed by atoms with E-state index in [9.17, 15) is 4.79 Å². The van der Waals surface area contributed by atoms with Crippen molar-refractivity contribution in [3.8, 4) is 0 Å². The van der Waals surface area contributed by atoms with E-state index in [4.69, 9.17) is 28.0 Å². The van der Waals surface area contributed by atoms with Gasteiger partial charge in [0.25, 0.3) is 5.91 Å². The van der Waals surface area contributed by atoms with E-state index in [0.717, 1.165) is 19.6 Å². The van der Waals surface area contributed by atoms with Crippen LogP contribution in [0.25, 0.3) is 0 Å². The molecule has 1 aliphatic heterocycles. The molecule has 1 aromatic rings. The molecular formula is C13H16Cl2N2O2. The van der Waals surface area contributed by atoms with Crippen molar-refractivity contribution in [2.24, 2.45) is 0 Å². The Labute approximate surface area is 122 Å². The minimum Gasteiger partial charge on any atom is -0.301 e. The Bertz CT molecular complexity index is 448. The number of hydroxylamine groups is 1. The van der Waals surface area contributed by atoms with Gasteiger partial charge in [-0.3, -0.25) is 9.63 Å². The van der Waals surface area contributed by atoms with Gasteiger partial charge in [0.2, 0.25) is 0 Å². The first kappa shape index (κ1) is 14.6. The summed E-state index contributed by atoms with van der Waals surface area (Å²) < 4.78 is 0. The van der Waals surface area contributed by atoms with Crippen LogP contribution in [-0.4, -0.2) is 37.0 Å². The predicted octanol–water partition coefficient (Wildman–Crippen LogP) is 2.75. The second-order valence-electron chi connectivity index (χ2n) is 4.45. The molecule has 0 radical (unpaired) electrons. The minimum absolute atomic E-state index is 0.313. The van der Waals surface area contributed by atoms with Crippen LogP contribution >= 0.6 is 23.2 Å². The van der Waals surface area contributed by atoms with E-state index in [2.05, 4.69) is 10.4 Å². The Balaban J connectivity index is 1.74. The number of nitrogens with one attached hydrogen (secondary N) is 1. The summed E-state index contributed by atoms with van der Waals surface area (Å²) in [5.74, 6) is -0.358. The number of carbonyl (C=O) groups is 1. The molecule has 0 unspecified atom stereocenters. The summed E-state index contributed by atoms with van der Waals surface area (Å²) in [6.07, 6.45) is 2.49. The minimum atomic E-state index is -0.358. The van der Waals surface area contributed by atoms with Gasteiger partial charge in [0, 0.05) is 11.6 Å². The van der Waals surface area contributed by atoms with Gasteiger partial charge in [-0.15, -0.1) is 0 Å². The van der Waals surface area contributed by atoms with E-state index in [0.29, 0.717) is 22.2 Å². The number of halogens is 2. The highest BCUT2D eigenvalue weighted by Crippen LogP contribution is 2.20. The van der Waals surface area contributed by atoms with Gasteiger partial charge < -0.3 is 4.90 Å². The second kappa shape index (κ2) is 7.10. The van der Waals surface area contributed by atoms with Gasteiger partial charge in [-0.25, -0.2) is 5.48 Å². The lowest BCUT2D eigenvalue weighted by Gasteiger charge is -2.14.